The first-order chi connectivity index (χ1) is 8.45. The van der Waals surface area contributed by atoms with Crippen molar-refractivity contribution < 1.29 is 14.6 Å². The van der Waals surface area contributed by atoms with Gasteiger partial charge in [-0.05, 0) is 31.1 Å². The number of esters is 1. The van der Waals surface area contributed by atoms with Crippen LogP contribution in [0.4, 0.5) is 0 Å². The van der Waals surface area contributed by atoms with Crippen LogP contribution in [0.3, 0.4) is 0 Å². The lowest BCUT2D eigenvalue weighted by Gasteiger charge is -2.17. The van der Waals surface area contributed by atoms with Crippen LogP contribution in [0.25, 0.3) is 0 Å². The fourth-order valence-corrected chi connectivity index (χ4v) is 1.75. The van der Waals surface area contributed by atoms with Crippen LogP contribution in [-0.2, 0) is 9.53 Å². The Hall–Kier alpha value is -0.570. The standard InChI is InChI=1S/C15H30O3/c1-15(2,3)11-7-5-9-13-18-14(17)10-6-4-8-12-16/h16H,4-13H2,1-3H3. The molecule has 0 unspecified atom stereocenters. The molecule has 0 bridgehead atoms. The van der Waals surface area contributed by atoms with Gasteiger partial charge in [-0.1, -0.05) is 40.0 Å². The first-order valence-electron chi connectivity index (χ1n) is 7.22. The quantitative estimate of drug-likeness (QED) is 0.480. The minimum Gasteiger partial charge on any atom is -0.466 e. The normalized spacial score (nSPS) is 11.6. The van der Waals surface area contributed by atoms with Crippen LogP contribution in [-0.4, -0.2) is 24.3 Å². The van der Waals surface area contributed by atoms with E-state index in [1.54, 1.807) is 0 Å². The molecule has 0 aliphatic carbocycles. The molecule has 3 nitrogen and oxygen atoms in total. The fraction of sp³-hybridized carbons (Fsp3) is 0.933. The molecule has 0 saturated carbocycles. The highest BCUT2D eigenvalue weighted by Gasteiger charge is 2.09. The van der Waals surface area contributed by atoms with Crippen molar-refractivity contribution in [2.24, 2.45) is 5.41 Å². The zero-order chi connectivity index (χ0) is 13.9. The molecule has 0 rings (SSSR count). The fourth-order valence-electron chi connectivity index (χ4n) is 1.75. The van der Waals surface area contributed by atoms with E-state index in [1.807, 2.05) is 0 Å². The molecule has 0 aliphatic heterocycles. The van der Waals surface area contributed by atoms with Gasteiger partial charge in [0, 0.05) is 13.0 Å². The average Bonchev–Trinajstić information content (AvgIpc) is 2.28. The number of unbranched alkanes of at least 4 members (excludes halogenated alkanes) is 4. The summed E-state index contributed by atoms with van der Waals surface area (Å²) in [5, 5.41) is 8.60. The summed E-state index contributed by atoms with van der Waals surface area (Å²) in [6, 6.07) is 0. The van der Waals surface area contributed by atoms with Crippen molar-refractivity contribution in [3.05, 3.63) is 0 Å². The van der Waals surface area contributed by atoms with Crippen molar-refractivity contribution in [2.45, 2.75) is 72.1 Å². The third kappa shape index (κ3) is 13.5. The molecule has 0 spiro atoms. The molecule has 108 valence electrons. The Bertz CT molecular complexity index is 206. The monoisotopic (exact) mass is 258 g/mol. The summed E-state index contributed by atoms with van der Waals surface area (Å²) >= 11 is 0. The summed E-state index contributed by atoms with van der Waals surface area (Å²) in [6.07, 6.45) is 7.52. The van der Waals surface area contributed by atoms with Gasteiger partial charge in [-0.2, -0.15) is 0 Å². The smallest absolute Gasteiger partial charge is 0.305 e. The molecule has 0 heterocycles. The molecule has 0 atom stereocenters. The van der Waals surface area contributed by atoms with Gasteiger partial charge in [-0.3, -0.25) is 4.79 Å². The SMILES string of the molecule is CC(C)(C)CCCCCOC(=O)CCCCCO. The van der Waals surface area contributed by atoms with Crippen molar-refractivity contribution >= 4 is 5.97 Å². The number of hydrogen-bond acceptors (Lipinski definition) is 3. The van der Waals surface area contributed by atoms with Gasteiger partial charge < -0.3 is 9.84 Å². The van der Waals surface area contributed by atoms with Gasteiger partial charge in [-0.25, -0.2) is 0 Å². The van der Waals surface area contributed by atoms with Gasteiger partial charge in [0.25, 0.3) is 0 Å². The highest BCUT2D eigenvalue weighted by molar-refractivity contribution is 5.69. The second-order valence-electron chi connectivity index (χ2n) is 6.13. The molecule has 0 fully saturated rings. The van der Waals surface area contributed by atoms with Gasteiger partial charge >= 0.3 is 5.97 Å². The van der Waals surface area contributed by atoms with Crippen LogP contribution >= 0.6 is 0 Å². The van der Waals surface area contributed by atoms with Crippen molar-refractivity contribution in [2.75, 3.05) is 13.2 Å². The minimum absolute atomic E-state index is 0.0937. The molecule has 0 saturated heterocycles. The second kappa shape index (κ2) is 10.4. The topological polar surface area (TPSA) is 46.5 Å². The predicted molar refractivity (Wildman–Crippen MR) is 74.4 cm³/mol. The van der Waals surface area contributed by atoms with Gasteiger partial charge in [0.05, 0.1) is 6.61 Å². The van der Waals surface area contributed by atoms with Crippen molar-refractivity contribution in [1.29, 1.82) is 0 Å². The van der Waals surface area contributed by atoms with Gasteiger partial charge in [0.1, 0.15) is 0 Å². The van der Waals surface area contributed by atoms with Crippen molar-refractivity contribution in [1.82, 2.24) is 0 Å². The highest BCUT2D eigenvalue weighted by atomic mass is 16.5. The summed E-state index contributed by atoms with van der Waals surface area (Å²) in [5.74, 6) is -0.0937. The number of aliphatic hydroxyl groups is 1. The third-order valence-corrected chi connectivity index (χ3v) is 2.87. The maximum Gasteiger partial charge on any atom is 0.305 e. The number of rotatable bonds is 10. The molecule has 3 heteroatoms. The Morgan fingerprint density at radius 3 is 2.28 bits per heavy atom. The van der Waals surface area contributed by atoms with Crippen LogP contribution in [0.5, 0.6) is 0 Å². The minimum atomic E-state index is -0.0937. The largest absolute Gasteiger partial charge is 0.466 e. The maximum atomic E-state index is 11.3. The predicted octanol–water partition coefficient (Wildman–Crippen LogP) is 3.69. The Balaban J connectivity index is 3.25. The van der Waals surface area contributed by atoms with Crippen LogP contribution in [0.2, 0.25) is 0 Å². The zero-order valence-corrected chi connectivity index (χ0v) is 12.3. The molecular formula is C15H30O3. The second-order valence-corrected chi connectivity index (χ2v) is 6.13. The zero-order valence-electron chi connectivity index (χ0n) is 12.3. The molecule has 0 aromatic heterocycles. The Morgan fingerprint density at radius 1 is 1.00 bits per heavy atom. The Morgan fingerprint density at radius 2 is 1.67 bits per heavy atom. The number of carbonyl (C=O) groups excluding carboxylic acids is 1. The van der Waals surface area contributed by atoms with Crippen LogP contribution in [0, 0.1) is 5.41 Å². The molecular weight excluding hydrogens is 228 g/mol. The van der Waals surface area contributed by atoms with Crippen LogP contribution in [0.1, 0.15) is 72.1 Å². The van der Waals surface area contributed by atoms with Crippen LogP contribution in [0.15, 0.2) is 0 Å². The molecule has 0 aromatic carbocycles. The number of ether oxygens (including phenoxy) is 1. The van der Waals surface area contributed by atoms with E-state index >= 15 is 0 Å². The molecule has 0 aromatic rings. The van der Waals surface area contributed by atoms with E-state index < -0.39 is 0 Å². The van der Waals surface area contributed by atoms with E-state index in [1.165, 1.54) is 12.8 Å². The lowest BCUT2D eigenvalue weighted by molar-refractivity contribution is -0.143. The molecule has 0 radical (unpaired) electrons. The average molecular weight is 258 g/mol. The highest BCUT2D eigenvalue weighted by Crippen LogP contribution is 2.21. The van der Waals surface area contributed by atoms with E-state index in [9.17, 15) is 4.79 Å². The van der Waals surface area contributed by atoms with E-state index in [4.69, 9.17) is 9.84 Å². The molecule has 1 N–H and O–H groups in total. The first kappa shape index (κ1) is 17.4. The Kier molecular flexibility index (Phi) is 10.0. The summed E-state index contributed by atoms with van der Waals surface area (Å²) in [4.78, 5) is 11.3. The van der Waals surface area contributed by atoms with Crippen LogP contribution < -0.4 is 0 Å². The molecule has 0 amide bonds. The summed E-state index contributed by atoms with van der Waals surface area (Å²) in [6.45, 7) is 7.52. The van der Waals surface area contributed by atoms with Gasteiger partial charge in [-0.15, -0.1) is 0 Å². The van der Waals surface area contributed by atoms with E-state index in [0.717, 1.165) is 32.1 Å². The van der Waals surface area contributed by atoms with Crippen molar-refractivity contribution in [3.63, 3.8) is 0 Å². The first-order valence-corrected chi connectivity index (χ1v) is 7.22. The number of aliphatic hydroxyl groups excluding tert-OH is 1. The van der Waals surface area contributed by atoms with E-state index in [0.29, 0.717) is 18.4 Å². The molecule has 0 aliphatic rings. The number of hydrogen-bond donors (Lipinski definition) is 1. The van der Waals surface area contributed by atoms with Gasteiger partial charge in [0.2, 0.25) is 0 Å². The van der Waals surface area contributed by atoms with Crippen molar-refractivity contribution in [3.8, 4) is 0 Å². The lowest BCUT2D eigenvalue weighted by atomic mass is 9.89. The summed E-state index contributed by atoms with van der Waals surface area (Å²) in [5.41, 5.74) is 0.406. The van der Waals surface area contributed by atoms with E-state index in [2.05, 4.69) is 20.8 Å². The molecule has 18 heavy (non-hydrogen) atoms. The summed E-state index contributed by atoms with van der Waals surface area (Å²) in [7, 11) is 0. The Labute approximate surface area is 112 Å². The van der Waals surface area contributed by atoms with E-state index in [-0.39, 0.29) is 12.6 Å². The number of carbonyl (C=O) groups is 1. The summed E-state index contributed by atoms with van der Waals surface area (Å²) < 4.78 is 5.15. The van der Waals surface area contributed by atoms with Gasteiger partial charge in [0.15, 0.2) is 0 Å². The third-order valence-electron chi connectivity index (χ3n) is 2.87. The maximum absolute atomic E-state index is 11.3. The lowest BCUT2D eigenvalue weighted by Crippen LogP contribution is -2.07.